The fourth-order valence-corrected chi connectivity index (χ4v) is 4.26. The molecule has 0 radical (unpaired) electrons. The molecule has 0 aromatic heterocycles. The molecule has 0 heterocycles. The third-order valence-corrected chi connectivity index (χ3v) is 6.02. The SMILES string of the molecule is CCCCCCCCC(C(C)(C)C)C(OCCCC)(OCCCC)C(C)(C)C. The molecule has 2 heteroatoms. The molecule has 0 bridgehead atoms. The number of hydrogen-bond acceptors (Lipinski definition) is 2. The van der Waals surface area contributed by atoms with E-state index in [1.54, 1.807) is 0 Å². The second kappa shape index (κ2) is 14.0. The Kier molecular flexibility index (Phi) is 14.0. The van der Waals surface area contributed by atoms with Gasteiger partial charge in [0, 0.05) is 11.3 Å². The van der Waals surface area contributed by atoms with Gasteiger partial charge >= 0.3 is 0 Å². The first kappa shape index (κ1) is 27.9. The summed E-state index contributed by atoms with van der Waals surface area (Å²) in [5.41, 5.74) is 0.0871. The molecule has 0 aliphatic carbocycles. The minimum absolute atomic E-state index is 0.0609. The van der Waals surface area contributed by atoms with Crippen LogP contribution in [0.25, 0.3) is 0 Å². The summed E-state index contributed by atoms with van der Waals surface area (Å²) in [5.74, 6) is -0.126. The van der Waals surface area contributed by atoms with Gasteiger partial charge in [-0.2, -0.15) is 0 Å². The summed E-state index contributed by atoms with van der Waals surface area (Å²) in [6.07, 6.45) is 13.7. The van der Waals surface area contributed by atoms with Crippen molar-refractivity contribution in [3.63, 3.8) is 0 Å². The van der Waals surface area contributed by atoms with Gasteiger partial charge in [-0.3, -0.25) is 0 Å². The summed E-state index contributed by atoms with van der Waals surface area (Å²) < 4.78 is 13.5. The summed E-state index contributed by atoms with van der Waals surface area (Å²) in [6, 6.07) is 0. The van der Waals surface area contributed by atoms with E-state index in [9.17, 15) is 0 Å². The number of rotatable bonds is 16. The first-order chi connectivity index (χ1) is 13.1. The van der Waals surface area contributed by atoms with Crippen LogP contribution in [0.4, 0.5) is 0 Å². The maximum absolute atomic E-state index is 6.74. The van der Waals surface area contributed by atoms with Crippen molar-refractivity contribution in [2.75, 3.05) is 13.2 Å². The Morgan fingerprint density at radius 1 is 0.571 bits per heavy atom. The standard InChI is InChI=1S/C26H54O2/c1-10-13-16-17-18-19-20-23(24(4,5)6)26(25(7,8)9,27-21-14-11-2)28-22-15-12-3/h23H,10-22H2,1-9H3. The smallest absolute Gasteiger partial charge is 0.176 e. The number of hydrogen-bond donors (Lipinski definition) is 0. The lowest BCUT2D eigenvalue weighted by molar-refractivity contribution is -0.332. The van der Waals surface area contributed by atoms with Crippen LogP contribution in [0, 0.1) is 16.7 Å². The van der Waals surface area contributed by atoms with Crippen molar-refractivity contribution < 1.29 is 9.47 Å². The molecule has 0 N–H and O–H groups in total. The lowest BCUT2D eigenvalue weighted by Gasteiger charge is -2.53. The maximum atomic E-state index is 6.74. The Balaban J connectivity index is 5.52. The van der Waals surface area contributed by atoms with Crippen molar-refractivity contribution in [2.24, 2.45) is 16.7 Å². The Hall–Kier alpha value is -0.0800. The van der Waals surface area contributed by atoms with Crippen molar-refractivity contribution >= 4 is 0 Å². The molecular weight excluding hydrogens is 344 g/mol. The third-order valence-electron chi connectivity index (χ3n) is 6.02. The largest absolute Gasteiger partial charge is 0.349 e. The van der Waals surface area contributed by atoms with E-state index < -0.39 is 5.79 Å². The molecule has 0 aliphatic rings. The Labute approximate surface area is 178 Å². The first-order valence-corrected chi connectivity index (χ1v) is 12.3. The molecular formula is C26H54O2. The zero-order valence-corrected chi connectivity index (χ0v) is 21.1. The third kappa shape index (κ3) is 9.61. The highest BCUT2D eigenvalue weighted by Gasteiger charge is 2.53. The van der Waals surface area contributed by atoms with Gasteiger partial charge in [-0.15, -0.1) is 0 Å². The van der Waals surface area contributed by atoms with Gasteiger partial charge in [-0.1, -0.05) is 114 Å². The Bertz CT molecular complexity index is 352. The number of unbranched alkanes of at least 4 members (excludes halogenated alkanes) is 7. The van der Waals surface area contributed by atoms with Gasteiger partial charge in [0.2, 0.25) is 0 Å². The van der Waals surface area contributed by atoms with Gasteiger partial charge in [-0.25, -0.2) is 0 Å². The fraction of sp³-hybridized carbons (Fsp3) is 1.00. The highest BCUT2D eigenvalue weighted by atomic mass is 16.7. The summed E-state index contributed by atoms with van der Waals surface area (Å²) in [6.45, 7) is 22.4. The molecule has 2 nitrogen and oxygen atoms in total. The fourth-order valence-electron chi connectivity index (χ4n) is 4.26. The molecule has 1 unspecified atom stereocenters. The maximum Gasteiger partial charge on any atom is 0.176 e. The van der Waals surface area contributed by atoms with Crippen LogP contribution in [-0.4, -0.2) is 19.0 Å². The molecule has 0 aliphatic heterocycles. The van der Waals surface area contributed by atoms with Crippen molar-refractivity contribution in [1.82, 2.24) is 0 Å². The molecule has 0 fully saturated rings. The monoisotopic (exact) mass is 398 g/mol. The van der Waals surface area contributed by atoms with E-state index in [2.05, 4.69) is 62.3 Å². The molecule has 0 amide bonds. The molecule has 28 heavy (non-hydrogen) atoms. The van der Waals surface area contributed by atoms with Crippen LogP contribution < -0.4 is 0 Å². The zero-order chi connectivity index (χ0) is 21.7. The van der Waals surface area contributed by atoms with Gasteiger partial charge in [-0.05, 0) is 24.7 Å². The minimum Gasteiger partial charge on any atom is -0.349 e. The van der Waals surface area contributed by atoms with E-state index in [4.69, 9.17) is 9.47 Å². The van der Waals surface area contributed by atoms with Crippen LogP contribution >= 0.6 is 0 Å². The van der Waals surface area contributed by atoms with E-state index in [0.29, 0.717) is 5.92 Å². The molecule has 0 aromatic rings. The minimum atomic E-state index is -0.515. The highest BCUT2D eigenvalue weighted by molar-refractivity contribution is 4.96. The van der Waals surface area contributed by atoms with E-state index in [0.717, 1.165) is 38.9 Å². The van der Waals surface area contributed by atoms with Gasteiger partial charge in [0.25, 0.3) is 0 Å². The van der Waals surface area contributed by atoms with Gasteiger partial charge < -0.3 is 9.47 Å². The van der Waals surface area contributed by atoms with Crippen LogP contribution in [0.2, 0.25) is 0 Å². The summed E-state index contributed by atoms with van der Waals surface area (Å²) in [7, 11) is 0. The van der Waals surface area contributed by atoms with E-state index in [-0.39, 0.29) is 10.8 Å². The van der Waals surface area contributed by atoms with Crippen LogP contribution in [0.3, 0.4) is 0 Å². The molecule has 170 valence electrons. The van der Waals surface area contributed by atoms with Crippen molar-refractivity contribution in [2.45, 2.75) is 139 Å². The summed E-state index contributed by atoms with van der Waals surface area (Å²) in [5, 5.41) is 0. The normalized spacial score (nSPS) is 14.5. The molecule has 0 aromatic carbocycles. The van der Waals surface area contributed by atoms with Crippen LogP contribution in [-0.2, 0) is 9.47 Å². The molecule has 0 saturated heterocycles. The van der Waals surface area contributed by atoms with Gasteiger partial charge in [0.1, 0.15) is 0 Å². The average molecular weight is 399 g/mol. The second-order valence-corrected chi connectivity index (χ2v) is 10.8. The second-order valence-electron chi connectivity index (χ2n) is 10.8. The van der Waals surface area contributed by atoms with Gasteiger partial charge in [0.15, 0.2) is 5.79 Å². The Morgan fingerprint density at radius 2 is 1.00 bits per heavy atom. The first-order valence-electron chi connectivity index (χ1n) is 12.3. The number of ether oxygens (including phenoxy) is 2. The van der Waals surface area contributed by atoms with Gasteiger partial charge in [0.05, 0.1) is 13.2 Å². The highest BCUT2D eigenvalue weighted by Crippen LogP contribution is 2.50. The van der Waals surface area contributed by atoms with E-state index in [1.165, 1.54) is 44.9 Å². The summed E-state index contributed by atoms with van der Waals surface area (Å²) in [4.78, 5) is 0. The predicted octanol–water partition coefficient (Wildman–Crippen LogP) is 8.78. The average Bonchev–Trinajstić information content (AvgIpc) is 2.58. The molecule has 0 rings (SSSR count). The van der Waals surface area contributed by atoms with Crippen molar-refractivity contribution in [3.05, 3.63) is 0 Å². The van der Waals surface area contributed by atoms with Crippen molar-refractivity contribution in [1.29, 1.82) is 0 Å². The van der Waals surface area contributed by atoms with Crippen LogP contribution in [0.15, 0.2) is 0 Å². The molecule has 0 saturated carbocycles. The summed E-state index contributed by atoms with van der Waals surface area (Å²) >= 11 is 0. The van der Waals surface area contributed by atoms with Crippen LogP contribution in [0.1, 0.15) is 133 Å². The lowest BCUT2D eigenvalue weighted by atomic mass is 9.65. The molecule has 1 atom stereocenters. The zero-order valence-electron chi connectivity index (χ0n) is 21.1. The lowest BCUT2D eigenvalue weighted by Crippen LogP contribution is -2.57. The van der Waals surface area contributed by atoms with E-state index >= 15 is 0 Å². The quantitative estimate of drug-likeness (QED) is 0.191. The molecule has 0 spiro atoms. The Morgan fingerprint density at radius 3 is 1.39 bits per heavy atom. The predicted molar refractivity (Wildman–Crippen MR) is 125 cm³/mol. The topological polar surface area (TPSA) is 18.5 Å². The van der Waals surface area contributed by atoms with E-state index in [1.807, 2.05) is 0 Å². The van der Waals surface area contributed by atoms with Crippen molar-refractivity contribution in [3.8, 4) is 0 Å². The van der Waals surface area contributed by atoms with Crippen LogP contribution in [0.5, 0.6) is 0 Å².